The van der Waals surface area contributed by atoms with Gasteiger partial charge in [-0.15, -0.1) is 0 Å². The van der Waals surface area contributed by atoms with Crippen molar-refractivity contribution in [1.82, 2.24) is 5.32 Å². The van der Waals surface area contributed by atoms with E-state index in [0.717, 1.165) is 31.1 Å². The van der Waals surface area contributed by atoms with Crippen LogP contribution in [0.5, 0.6) is 0 Å². The molecule has 1 aliphatic carbocycles. The van der Waals surface area contributed by atoms with E-state index < -0.39 is 10.0 Å². The first-order valence-electron chi connectivity index (χ1n) is 9.37. The van der Waals surface area contributed by atoms with E-state index in [1.165, 1.54) is 24.0 Å². The number of aryl methyl sites for hydroxylation is 2. The third-order valence-corrected chi connectivity index (χ3v) is 5.55. The lowest BCUT2D eigenvalue weighted by atomic mass is 9.88. The van der Waals surface area contributed by atoms with E-state index >= 15 is 0 Å². The summed E-state index contributed by atoms with van der Waals surface area (Å²) in [4.78, 5) is 12.8. The first-order chi connectivity index (χ1) is 12.9. The van der Waals surface area contributed by atoms with Gasteiger partial charge < -0.3 is 5.32 Å². The van der Waals surface area contributed by atoms with Crippen LogP contribution in [0.4, 0.5) is 5.69 Å². The van der Waals surface area contributed by atoms with Crippen molar-refractivity contribution in [3.63, 3.8) is 0 Å². The molecule has 27 heavy (non-hydrogen) atoms. The number of nitrogens with one attached hydrogen (secondary N) is 2. The number of para-hydroxylation sites is 1. The Morgan fingerprint density at radius 3 is 2.48 bits per heavy atom. The molecule has 1 aliphatic rings. The SMILES string of the molecule is CC[C@@H](NC(=O)c1ccccc1NS(C)(=O)=O)c1ccc2c(c1)CCCC2. The Bertz CT molecular complexity index is 938. The molecule has 1 amide bonds. The smallest absolute Gasteiger partial charge is 0.253 e. The van der Waals surface area contributed by atoms with Gasteiger partial charge in [0, 0.05) is 0 Å². The Labute approximate surface area is 161 Å². The summed E-state index contributed by atoms with van der Waals surface area (Å²) in [6, 6.07) is 13.0. The molecule has 0 fully saturated rings. The minimum atomic E-state index is -3.46. The van der Waals surface area contributed by atoms with Crippen molar-refractivity contribution in [1.29, 1.82) is 0 Å². The molecule has 0 spiro atoms. The van der Waals surface area contributed by atoms with Crippen molar-refractivity contribution in [2.24, 2.45) is 0 Å². The molecule has 5 nitrogen and oxygen atoms in total. The van der Waals surface area contributed by atoms with Gasteiger partial charge in [0.2, 0.25) is 10.0 Å². The van der Waals surface area contributed by atoms with E-state index in [-0.39, 0.29) is 17.6 Å². The monoisotopic (exact) mass is 386 g/mol. The predicted octanol–water partition coefficient (Wildman–Crippen LogP) is 3.82. The van der Waals surface area contributed by atoms with Gasteiger partial charge >= 0.3 is 0 Å². The second-order valence-corrected chi connectivity index (χ2v) is 8.84. The molecule has 0 unspecified atom stereocenters. The molecule has 0 heterocycles. The van der Waals surface area contributed by atoms with Crippen LogP contribution in [0.3, 0.4) is 0 Å². The maximum Gasteiger partial charge on any atom is 0.253 e. The molecular formula is C21H26N2O3S. The largest absolute Gasteiger partial charge is 0.345 e. The number of rotatable bonds is 6. The first kappa shape index (κ1) is 19.4. The Hall–Kier alpha value is -2.34. The van der Waals surface area contributed by atoms with Gasteiger partial charge in [0.05, 0.1) is 23.5 Å². The maximum absolute atomic E-state index is 12.8. The molecule has 2 N–H and O–H groups in total. The van der Waals surface area contributed by atoms with Gasteiger partial charge in [0.15, 0.2) is 0 Å². The van der Waals surface area contributed by atoms with Crippen molar-refractivity contribution in [2.75, 3.05) is 11.0 Å². The molecule has 6 heteroatoms. The van der Waals surface area contributed by atoms with Crippen LogP contribution >= 0.6 is 0 Å². The summed E-state index contributed by atoms with van der Waals surface area (Å²) in [7, 11) is -3.46. The minimum Gasteiger partial charge on any atom is -0.345 e. The van der Waals surface area contributed by atoms with E-state index in [2.05, 4.69) is 28.2 Å². The number of hydrogen-bond donors (Lipinski definition) is 2. The van der Waals surface area contributed by atoms with Crippen LogP contribution in [0, 0.1) is 0 Å². The predicted molar refractivity (Wildman–Crippen MR) is 108 cm³/mol. The van der Waals surface area contributed by atoms with E-state index in [0.29, 0.717) is 5.56 Å². The Morgan fingerprint density at radius 2 is 1.78 bits per heavy atom. The zero-order valence-electron chi connectivity index (χ0n) is 15.8. The van der Waals surface area contributed by atoms with Crippen LogP contribution in [0.1, 0.15) is 59.3 Å². The molecule has 3 rings (SSSR count). The van der Waals surface area contributed by atoms with Crippen LogP contribution in [0.25, 0.3) is 0 Å². The number of fused-ring (bicyclic) bond motifs is 1. The molecule has 2 aromatic carbocycles. The third kappa shape index (κ3) is 4.89. The number of benzene rings is 2. The van der Waals surface area contributed by atoms with Gasteiger partial charge in [-0.1, -0.05) is 37.3 Å². The molecular weight excluding hydrogens is 360 g/mol. The maximum atomic E-state index is 12.8. The van der Waals surface area contributed by atoms with Gasteiger partial charge in [0.25, 0.3) is 5.91 Å². The fraction of sp³-hybridized carbons (Fsp3) is 0.381. The van der Waals surface area contributed by atoms with E-state index in [1.807, 2.05) is 6.92 Å². The van der Waals surface area contributed by atoms with E-state index in [1.54, 1.807) is 24.3 Å². The van der Waals surface area contributed by atoms with Crippen LogP contribution in [0.2, 0.25) is 0 Å². The molecule has 1 atom stereocenters. The fourth-order valence-corrected chi connectivity index (χ4v) is 4.17. The van der Waals surface area contributed by atoms with Crippen molar-refractivity contribution in [2.45, 2.75) is 45.1 Å². The quantitative estimate of drug-likeness (QED) is 0.792. The average molecular weight is 387 g/mol. The number of carbonyl (C=O) groups is 1. The molecule has 144 valence electrons. The fourth-order valence-electron chi connectivity index (χ4n) is 3.60. The second kappa shape index (κ2) is 8.13. The van der Waals surface area contributed by atoms with Crippen LogP contribution in [-0.2, 0) is 22.9 Å². The van der Waals surface area contributed by atoms with Crippen LogP contribution < -0.4 is 10.0 Å². The topological polar surface area (TPSA) is 75.3 Å². The Kier molecular flexibility index (Phi) is 5.85. The van der Waals surface area contributed by atoms with E-state index in [9.17, 15) is 13.2 Å². The standard InChI is InChI=1S/C21H26N2O3S/c1-3-19(17-13-12-15-8-4-5-9-16(15)14-17)22-21(24)18-10-6-7-11-20(18)23-27(2,25)26/h6-7,10-14,19,23H,3-5,8-9H2,1-2H3,(H,22,24)/t19-/m1/s1. The van der Waals surface area contributed by atoms with Gasteiger partial charge in [-0.3, -0.25) is 9.52 Å². The zero-order valence-corrected chi connectivity index (χ0v) is 16.6. The summed E-state index contributed by atoms with van der Waals surface area (Å²) in [6.45, 7) is 2.03. The summed E-state index contributed by atoms with van der Waals surface area (Å²) in [5.74, 6) is -0.286. The van der Waals surface area contributed by atoms with Gasteiger partial charge in [-0.05, 0) is 60.9 Å². The van der Waals surface area contributed by atoms with Crippen molar-refractivity contribution < 1.29 is 13.2 Å². The lowest BCUT2D eigenvalue weighted by molar-refractivity contribution is 0.0936. The summed E-state index contributed by atoms with van der Waals surface area (Å²) in [5.41, 5.74) is 4.50. The highest BCUT2D eigenvalue weighted by atomic mass is 32.2. The van der Waals surface area contributed by atoms with E-state index in [4.69, 9.17) is 0 Å². The van der Waals surface area contributed by atoms with Crippen molar-refractivity contribution in [3.05, 3.63) is 64.7 Å². The molecule has 0 aliphatic heterocycles. The Balaban J connectivity index is 1.82. The minimum absolute atomic E-state index is 0.115. The summed E-state index contributed by atoms with van der Waals surface area (Å²) in [5, 5.41) is 3.06. The van der Waals surface area contributed by atoms with Gasteiger partial charge in [0.1, 0.15) is 0 Å². The normalized spacial score (nSPS) is 14.9. The molecule has 0 aromatic heterocycles. The summed E-state index contributed by atoms with van der Waals surface area (Å²) >= 11 is 0. The van der Waals surface area contributed by atoms with Gasteiger partial charge in [-0.2, -0.15) is 0 Å². The lowest BCUT2D eigenvalue weighted by Crippen LogP contribution is -2.29. The molecule has 2 aromatic rings. The molecule has 0 saturated heterocycles. The Morgan fingerprint density at radius 1 is 1.07 bits per heavy atom. The summed E-state index contributed by atoms with van der Waals surface area (Å²) in [6.07, 6.45) is 6.50. The van der Waals surface area contributed by atoms with Crippen LogP contribution in [-0.4, -0.2) is 20.6 Å². The average Bonchev–Trinajstić information content (AvgIpc) is 2.64. The second-order valence-electron chi connectivity index (χ2n) is 7.09. The highest BCUT2D eigenvalue weighted by Crippen LogP contribution is 2.27. The third-order valence-electron chi connectivity index (χ3n) is 4.96. The number of carbonyl (C=O) groups excluding carboxylic acids is 1. The van der Waals surface area contributed by atoms with Crippen molar-refractivity contribution in [3.8, 4) is 0 Å². The molecule has 0 radical (unpaired) electrons. The molecule has 0 saturated carbocycles. The van der Waals surface area contributed by atoms with Crippen LogP contribution in [0.15, 0.2) is 42.5 Å². The highest BCUT2D eigenvalue weighted by Gasteiger charge is 2.19. The number of anilines is 1. The number of hydrogen-bond acceptors (Lipinski definition) is 3. The first-order valence-corrected chi connectivity index (χ1v) is 11.3. The van der Waals surface area contributed by atoms with Gasteiger partial charge in [-0.25, -0.2) is 8.42 Å². The summed E-state index contributed by atoms with van der Waals surface area (Å²) < 4.78 is 25.6. The highest BCUT2D eigenvalue weighted by molar-refractivity contribution is 7.92. The van der Waals surface area contributed by atoms with Crippen molar-refractivity contribution >= 4 is 21.6 Å². The zero-order chi connectivity index (χ0) is 19.4. The molecule has 0 bridgehead atoms. The number of sulfonamides is 1. The lowest BCUT2D eigenvalue weighted by Gasteiger charge is -2.22. The number of amides is 1.